The first-order valence-electron chi connectivity index (χ1n) is 9.34. The number of aromatic nitrogens is 2. The summed E-state index contributed by atoms with van der Waals surface area (Å²) >= 11 is 0. The summed E-state index contributed by atoms with van der Waals surface area (Å²) in [4.78, 5) is 18.8. The van der Waals surface area contributed by atoms with Gasteiger partial charge in [0.15, 0.2) is 6.10 Å². The average Bonchev–Trinajstić information content (AvgIpc) is 3.15. The minimum Gasteiger partial charge on any atom is -0.480 e. The van der Waals surface area contributed by atoms with E-state index in [0.29, 0.717) is 18.1 Å². The molecule has 0 spiro atoms. The van der Waals surface area contributed by atoms with Crippen LogP contribution in [0.15, 0.2) is 53.1 Å². The van der Waals surface area contributed by atoms with Crippen LogP contribution in [0.3, 0.4) is 0 Å². The Bertz CT molecular complexity index is 951. The van der Waals surface area contributed by atoms with Crippen molar-refractivity contribution in [2.24, 2.45) is 0 Å². The van der Waals surface area contributed by atoms with Crippen LogP contribution in [0.2, 0.25) is 0 Å². The molecule has 2 aromatic carbocycles. The van der Waals surface area contributed by atoms with Crippen LogP contribution >= 0.6 is 0 Å². The number of benzene rings is 2. The van der Waals surface area contributed by atoms with Gasteiger partial charge in [-0.25, -0.2) is 0 Å². The number of nitrogens with zero attached hydrogens (tertiary/aromatic N) is 3. The quantitative estimate of drug-likeness (QED) is 0.616. The van der Waals surface area contributed by atoms with Gasteiger partial charge in [0.1, 0.15) is 5.75 Å². The van der Waals surface area contributed by atoms with Gasteiger partial charge in [-0.1, -0.05) is 54.0 Å². The zero-order chi connectivity index (χ0) is 20.1. The van der Waals surface area contributed by atoms with Crippen molar-refractivity contribution in [1.29, 1.82) is 0 Å². The van der Waals surface area contributed by atoms with E-state index in [1.54, 1.807) is 11.9 Å². The number of hydrogen-bond acceptors (Lipinski definition) is 5. The Labute approximate surface area is 165 Å². The molecule has 1 heterocycles. The number of likely N-dealkylation sites (N-methyl/N-ethyl adjacent to an activating group) is 1. The van der Waals surface area contributed by atoms with Crippen molar-refractivity contribution in [3.8, 4) is 17.1 Å². The Kier molecular flexibility index (Phi) is 6.09. The molecule has 0 aliphatic heterocycles. The predicted molar refractivity (Wildman–Crippen MR) is 107 cm³/mol. The van der Waals surface area contributed by atoms with E-state index in [1.807, 2.05) is 69.3 Å². The second-order valence-corrected chi connectivity index (χ2v) is 6.86. The van der Waals surface area contributed by atoms with Gasteiger partial charge in [0.25, 0.3) is 5.91 Å². The SMILES string of the molecule is CC[C@H](Oc1ccccc1C)C(=O)N(C)Cc1nc(-c2cccc(C)c2)no1. The van der Waals surface area contributed by atoms with Gasteiger partial charge in [0.2, 0.25) is 11.7 Å². The lowest BCUT2D eigenvalue weighted by molar-refractivity contribution is -0.138. The Morgan fingerprint density at radius 3 is 2.68 bits per heavy atom. The molecule has 0 radical (unpaired) electrons. The van der Waals surface area contributed by atoms with Gasteiger partial charge in [-0.3, -0.25) is 4.79 Å². The van der Waals surface area contributed by atoms with Crippen molar-refractivity contribution in [3.63, 3.8) is 0 Å². The lowest BCUT2D eigenvalue weighted by atomic mass is 10.1. The molecule has 0 aliphatic rings. The largest absolute Gasteiger partial charge is 0.480 e. The predicted octanol–water partition coefficient (Wildman–Crippen LogP) is 4.17. The zero-order valence-corrected chi connectivity index (χ0v) is 16.7. The lowest BCUT2D eigenvalue weighted by Crippen LogP contribution is -2.39. The maximum absolute atomic E-state index is 12.8. The van der Waals surface area contributed by atoms with Crippen molar-refractivity contribution in [2.45, 2.75) is 39.8 Å². The maximum Gasteiger partial charge on any atom is 0.263 e. The number of para-hydroxylation sites is 1. The molecule has 0 N–H and O–H groups in total. The third-order valence-electron chi connectivity index (χ3n) is 4.50. The number of hydrogen-bond donors (Lipinski definition) is 0. The molecule has 0 aliphatic carbocycles. The summed E-state index contributed by atoms with van der Waals surface area (Å²) in [5.74, 6) is 1.50. The summed E-state index contributed by atoms with van der Waals surface area (Å²) in [5.41, 5.74) is 3.00. The minimum atomic E-state index is -0.565. The van der Waals surface area contributed by atoms with E-state index >= 15 is 0 Å². The Hall–Kier alpha value is -3.15. The highest BCUT2D eigenvalue weighted by atomic mass is 16.5. The van der Waals surface area contributed by atoms with E-state index in [2.05, 4.69) is 10.1 Å². The summed E-state index contributed by atoms with van der Waals surface area (Å²) < 4.78 is 11.3. The third kappa shape index (κ3) is 4.57. The van der Waals surface area contributed by atoms with Crippen LogP contribution in [0.4, 0.5) is 0 Å². The first kappa shape index (κ1) is 19.6. The minimum absolute atomic E-state index is 0.124. The normalized spacial score (nSPS) is 11.9. The Morgan fingerprint density at radius 2 is 1.96 bits per heavy atom. The fourth-order valence-electron chi connectivity index (χ4n) is 2.90. The molecule has 1 amide bonds. The smallest absolute Gasteiger partial charge is 0.263 e. The summed E-state index contributed by atoms with van der Waals surface area (Å²) in [7, 11) is 1.71. The molecular weight excluding hydrogens is 354 g/mol. The average molecular weight is 379 g/mol. The zero-order valence-electron chi connectivity index (χ0n) is 16.7. The van der Waals surface area contributed by atoms with E-state index in [4.69, 9.17) is 9.26 Å². The van der Waals surface area contributed by atoms with Gasteiger partial charge >= 0.3 is 0 Å². The summed E-state index contributed by atoms with van der Waals surface area (Å²) in [6, 6.07) is 15.6. The molecule has 0 bridgehead atoms. The summed E-state index contributed by atoms with van der Waals surface area (Å²) in [6.45, 7) is 6.13. The highest BCUT2D eigenvalue weighted by Crippen LogP contribution is 2.21. The Balaban J connectivity index is 1.67. The molecule has 0 saturated carbocycles. The molecule has 6 heteroatoms. The molecule has 6 nitrogen and oxygen atoms in total. The maximum atomic E-state index is 12.8. The molecule has 0 saturated heterocycles. The monoisotopic (exact) mass is 379 g/mol. The highest BCUT2D eigenvalue weighted by molar-refractivity contribution is 5.81. The number of rotatable bonds is 7. The first-order valence-corrected chi connectivity index (χ1v) is 9.34. The number of carbonyl (C=O) groups excluding carboxylic acids is 1. The number of carbonyl (C=O) groups is 1. The molecule has 3 aromatic rings. The summed E-state index contributed by atoms with van der Waals surface area (Å²) in [6.07, 6.45) is 0.000791. The van der Waals surface area contributed by atoms with Gasteiger partial charge in [-0.2, -0.15) is 4.98 Å². The molecule has 3 rings (SSSR count). The second-order valence-electron chi connectivity index (χ2n) is 6.86. The number of ether oxygens (including phenoxy) is 1. The van der Waals surface area contributed by atoms with Crippen LogP contribution in [0.5, 0.6) is 5.75 Å². The molecule has 1 atom stereocenters. The second kappa shape index (κ2) is 8.69. The summed E-state index contributed by atoms with van der Waals surface area (Å²) in [5, 5.41) is 4.03. The van der Waals surface area contributed by atoms with Crippen LogP contribution in [0.1, 0.15) is 30.4 Å². The van der Waals surface area contributed by atoms with E-state index in [-0.39, 0.29) is 12.5 Å². The number of aryl methyl sites for hydroxylation is 2. The van der Waals surface area contributed by atoms with Crippen molar-refractivity contribution < 1.29 is 14.1 Å². The van der Waals surface area contributed by atoms with Crippen molar-refractivity contribution in [3.05, 3.63) is 65.5 Å². The van der Waals surface area contributed by atoms with Crippen molar-refractivity contribution in [1.82, 2.24) is 15.0 Å². The van der Waals surface area contributed by atoms with Crippen molar-refractivity contribution in [2.75, 3.05) is 7.05 Å². The van der Waals surface area contributed by atoms with Gasteiger partial charge in [-0.05, 0) is 38.0 Å². The van der Waals surface area contributed by atoms with Gasteiger partial charge in [0, 0.05) is 12.6 Å². The number of amides is 1. The molecular formula is C22H25N3O3. The molecule has 1 aromatic heterocycles. The molecule has 0 fully saturated rings. The van der Waals surface area contributed by atoms with Crippen LogP contribution in [-0.4, -0.2) is 34.1 Å². The van der Waals surface area contributed by atoms with Crippen LogP contribution in [0, 0.1) is 13.8 Å². The molecule has 146 valence electrons. The van der Waals surface area contributed by atoms with Crippen LogP contribution < -0.4 is 4.74 Å². The molecule has 28 heavy (non-hydrogen) atoms. The van der Waals surface area contributed by atoms with Gasteiger partial charge in [0.05, 0.1) is 6.54 Å². The fourth-order valence-corrected chi connectivity index (χ4v) is 2.90. The Morgan fingerprint density at radius 1 is 1.18 bits per heavy atom. The first-order chi connectivity index (χ1) is 13.5. The van der Waals surface area contributed by atoms with E-state index in [0.717, 1.165) is 22.4 Å². The topological polar surface area (TPSA) is 68.5 Å². The third-order valence-corrected chi connectivity index (χ3v) is 4.50. The van der Waals surface area contributed by atoms with Gasteiger partial charge in [-0.15, -0.1) is 0 Å². The standard InChI is InChI=1S/C22H25N3O3/c1-5-18(27-19-12-7-6-10-16(19)3)22(26)25(4)14-20-23-21(24-28-20)17-11-8-9-15(2)13-17/h6-13,18H,5,14H2,1-4H3/t18-/m0/s1. The van der Waals surface area contributed by atoms with Gasteiger partial charge < -0.3 is 14.2 Å². The van der Waals surface area contributed by atoms with E-state index in [1.165, 1.54) is 0 Å². The highest BCUT2D eigenvalue weighted by Gasteiger charge is 2.24. The fraction of sp³-hybridized carbons (Fsp3) is 0.318. The van der Waals surface area contributed by atoms with Crippen molar-refractivity contribution >= 4 is 5.91 Å². The van der Waals surface area contributed by atoms with Crippen LogP contribution in [-0.2, 0) is 11.3 Å². The van der Waals surface area contributed by atoms with Crippen LogP contribution in [0.25, 0.3) is 11.4 Å². The molecule has 0 unspecified atom stereocenters. The van der Waals surface area contributed by atoms with E-state index < -0.39 is 6.10 Å². The van der Waals surface area contributed by atoms with E-state index in [9.17, 15) is 4.79 Å². The lowest BCUT2D eigenvalue weighted by Gasteiger charge is -2.23.